The molecule has 2 atom stereocenters. The second-order valence-corrected chi connectivity index (χ2v) is 10.2. The lowest BCUT2D eigenvalue weighted by molar-refractivity contribution is -0.145. The average molecular weight is 451 g/mol. The van der Waals surface area contributed by atoms with Crippen LogP contribution in [0.2, 0.25) is 0 Å². The van der Waals surface area contributed by atoms with Crippen LogP contribution in [0.4, 0.5) is 0 Å². The van der Waals surface area contributed by atoms with Crippen LogP contribution in [0.5, 0.6) is 0 Å². The Labute approximate surface area is 199 Å². The molecule has 2 unspecified atom stereocenters. The summed E-state index contributed by atoms with van der Waals surface area (Å²) >= 11 is 0. The quantitative estimate of drug-likeness (QED) is 0.203. The molecule has 0 aromatic carbocycles. The summed E-state index contributed by atoms with van der Waals surface area (Å²) in [6.45, 7) is 10.1. The topological polar surface area (TPSA) is 40.6 Å². The molecule has 0 N–H and O–H groups in total. The second kappa shape index (κ2) is 18.4. The molecule has 0 saturated carbocycles. The molecule has 4 heteroatoms. The lowest BCUT2D eigenvalue weighted by Gasteiger charge is -2.44. The Hall–Kier alpha value is -1.06. The Morgan fingerprint density at radius 2 is 0.812 bits per heavy atom. The van der Waals surface area contributed by atoms with Gasteiger partial charge in [-0.2, -0.15) is 0 Å². The van der Waals surface area contributed by atoms with E-state index >= 15 is 0 Å². The molecule has 1 rings (SSSR count). The van der Waals surface area contributed by atoms with Gasteiger partial charge in [0.2, 0.25) is 11.8 Å². The van der Waals surface area contributed by atoms with Gasteiger partial charge >= 0.3 is 0 Å². The van der Waals surface area contributed by atoms with Crippen molar-refractivity contribution in [3.05, 3.63) is 0 Å². The van der Waals surface area contributed by atoms with Crippen LogP contribution < -0.4 is 0 Å². The molecule has 1 aliphatic heterocycles. The van der Waals surface area contributed by atoms with Crippen molar-refractivity contribution in [1.82, 2.24) is 9.80 Å². The molecule has 1 aliphatic rings. The van der Waals surface area contributed by atoms with E-state index in [1.165, 1.54) is 89.9 Å². The highest BCUT2D eigenvalue weighted by atomic mass is 16.2. The summed E-state index contributed by atoms with van der Waals surface area (Å²) in [6.07, 6.45) is 21.5. The third-order valence-electron chi connectivity index (χ3n) is 7.12. The fourth-order valence-corrected chi connectivity index (χ4v) is 4.93. The maximum atomic E-state index is 12.8. The van der Waals surface area contributed by atoms with Crippen molar-refractivity contribution in [3.8, 4) is 0 Å². The number of carbonyl (C=O) groups excluding carboxylic acids is 2. The minimum atomic E-state index is 0.134. The molecule has 0 aliphatic carbocycles. The van der Waals surface area contributed by atoms with Crippen molar-refractivity contribution in [1.29, 1.82) is 0 Å². The zero-order chi connectivity index (χ0) is 23.6. The van der Waals surface area contributed by atoms with Gasteiger partial charge in [0.25, 0.3) is 0 Å². The molecule has 4 nitrogen and oxygen atoms in total. The van der Waals surface area contributed by atoms with Crippen LogP contribution in [-0.4, -0.2) is 46.8 Å². The van der Waals surface area contributed by atoms with Gasteiger partial charge in [0.1, 0.15) is 0 Å². The second-order valence-electron chi connectivity index (χ2n) is 10.2. The predicted molar refractivity (Wildman–Crippen MR) is 137 cm³/mol. The Morgan fingerprint density at radius 1 is 0.531 bits per heavy atom. The van der Waals surface area contributed by atoms with Gasteiger partial charge in [0.15, 0.2) is 0 Å². The van der Waals surface area contributed by atoms with Crippen molar-refractivity contribution in [2.45, 2.75) is 155 Å². The number of piperazine rings is 1. The standard InChI is InChI=1S/C28H54N2O2/c1-5-7-9-11-13-15-17-19-21-27(31)29-23-26(4)30(24-25(29)3)28(32)22-20-18-16-14-12-10-8-6-2/h25-26H,5-24H2,1-4H3. The number of unbranched alkanes of at least 4 members (excludes halogenated alkanes) is 14. The first kappa shape index (κ1) is 29.0. The molecule has 0 aromatic rings. The monoisotopic (exact) mass is 450 g/mol. The van der Waals surface area contributed by atoms with Crippen LogP contribution in [0.1, 0.15) is 143 Å². The van der Waals surface area contributed by atoms with E-state index in [0.29, 0.717) is 25.9 Å². The van der Waals surface area contributed by atoms with E-state index in [1.54, 1.807) is 0 Å². The summed E-state index contributed by atoms with van der Waals surface area (Å²) in [6, 6.07) is 0.269. The molecular weight excluding hydrogens is 396 g/mol. The SMILES string of the molecule is CCCCCCCCCCC(=O)N1CC(C)N(C(=O)CCCCCCCCCC)CC1C. The first-order chi connectivity index (χ1) is 15.5. The summed E-state index contributed by atoms with van der Waals surface area (Å²) in [7, 11) is 0. The Bertz CT molecular complexity index is 450. The summed E-state index contributed by atoms with van der Waals surface area (Å²) < 4.78 is 0. The maximum Gasteiger partial charge on any atom is 0.222 e. The summed E-state index contributed by atoms with van der Waals surface area (Å²) in [5, 5.41) is 0. The minimum Gasteiger partial charge on any atom is -0.336 e. The smallest absolute Gasteiger partial charge is 0.222 e. The molecule has 1 fully saturated rings. The van der Waals surface area contributed by atoms with E-state index in [1.807, 2.05) is 9.80 Å². The number of amides is 2. The number of nitrogens with zero attached hydrogens (tertiary/aromatic N) is 2. The highest BCUT2D eigenvalue weighted by Gasteiger charge is 2.33. The van der Waals surface area contributed by atoms with Gasteiger partial charge in [0, 0.05) is 38.0 Å². The van der Waals surface area contributed by atoms with Gasteiger partial charge in [-0.1, -0.05) is 104 Å². The minimum absolute atomic E-state index is 0.134. The molecule has 1 heterocycles. The third-order valence-corrected chi connectivity index (χ3v) is 7.12. The molecule has 0 radical (unpaired) electrons. The van der Waals surface area contributed by atoms with Crippen molar-refractivity contribution < 1.29 is 9.59 Å². The Kier molecular flexibility index (Phi) is 16.6. The molecule has 188 valence electrons. The fourth-order valence-electron chi connectivity index (χ4n) is 4.93. The van der Waals surface area contributed by atoms with Crippen molar-refractivity contribution in [3.63, 3.8) is 0 Å². The van der Waals surface area contributed by atoms with E-state index in [0.717, 1.165) is 12.8 Å². The Morgan fingerprint density at radius 3 is 1.12 bits per heavy atom. The van der Waals surface area contributed by atoms with Crippen LogP contribution in [0, 0.1) is 0 Å². The van der Waals surface area contributed by atoms with Crippen LogP contribution >= 0.6 is 0 Å². The number of carbonyl (C=O) groups is 2. The van der Waals surface area contributed by atoms with Crippen LogP contribution in [0.15, 0.2) is 0 Å². The molecule has 2 amide bonds. The maximum absolute atomic E-state index is 12.8. The molecule has 32 heavy (non-hydrogen) atoms. The molecule has 0 spiro atoms. The first-order valence-electron chi connectivity index (χ1n) is 14.1. The van der Waals surface area contributed by atoms with Crippen molar-refractivity contribution >= 4 is 11.8 Å². The lowest BCUT2D eigenvalue weighted by Crippen LogP contribution is -2.59. The van der Waals surface area contributed by atoms with E-state index < -0.39 is 0 Å². The van der Waals surface area contributed by atoms with Crippen LogP contribution in [0.3, 0.4) is 0 Å². The molecule has 0 aromatic heterocycles. The van der Waals surface area contributed by atoms with Gasteiger partial charge in [-0.05, 0) is 26.7 Å². The van der Waals surface area contributed by atoms with E-state index in [4.69, 9.17) is 0 Å². The summed E-state index contributed by atoms with van der Waals surface area (Å²) in [5.74, 6) is 0.566. The van der Waals surface area contributed by atoms with E-state index in [2.05, 4.69) is 27.7 Å². The summed E-state index contributed by atoms with van der Waals surface area (Å²) in [4.78, 5) is 29.6. The van der Waals surface area contributed by atoms with Gasteiger partial charge in [-0.15, -0.1) is 0 Å². The molecule has 1 saturated heterocycles. The average Bonchev–Trinajstić information content (AvgIpc) is 2.78. The van der Waals surface area contributed by atoms with Crippen molar-refractivity contribution in [2.75, 3.05) is 13.1 Å². The highest BCUT2D eigenvalue weighted by molar-refractivity contribution is 5.79. The van der Waals surface area contributed by atoms with Crippen molar-refractivity contribution in [2.24, 2.45) is 0 Å². The van der Waals surface area contributed by atoms with Gasteiger partial charge in [-0.25, -0.2) is 0 Å². The first-order valence-corrected chi connectivity index (χ1v) is 14.1. The van der Waals surface area contributed by atoms with E-state index in [-0.39, 0.29) is 23.9 Å². The molecular formula is C28H54N2O2. The van der Waals surface area contributed by atoms with Crippen LogP contribution in [-0.2, 0) is 9.59 Å². The number of hydrogen-bond acceptors (Lipinski definition) is 2. The zero-order valence-electron chi connectivity index (χ0n) is 22.0. The lowest BCUT2D eigenvalue weighted by atomic mass is 10.0. The zero-order valence-corrected chi connectivity index (χ0v) is 22.0. The Balaban J connectivity index is 2.20. The normalized spacial score (nSPS) is 18.9. The van der Waals surface area contributed by atoms with Gasteiger partial charge < -0.3 is 9.80 Å². The summed E-state index contributed by atoms with van der Waals surface area (Å²) in [5.41, 5.74) is 0. The van der Waals surface area contributed by atoms with Gasteiger partial charge in [0.05, 0.1) is 0 Å². The fraction of sp³-hybridized carbons (Fsp3) is 0.929. The number of hydrogen-bond donors (Lipinski definition) is 0. The largest absolute Gasteiger partial charge is 0.336 e. The predicted octanol–water partition coefficient (Wildman–Crippen LogP) is 7.50. The van der Waals surface area contributed by atoms with Crippen LogP contribution in [0.25, 0.3) is 0 Å². The molecule has 0 bridgehead atoms. The van der Waals surface area contributed by atoms with E-state index in [9.17, 15) is 9.59 Å². The third kappa shape index (κ3) is 12.3. The number of rotatable bonds is 18. The highest BCUT2D eigenvalue weighted by Crippen LogP contribution is 2.20. The van der Waals surface area contributed by atoms with Gasteiger partial charge in [-0.3, -0.25) is 9.59 Å².